The fraction of sp³-hybridized carbons (Fsp3) is 0.294. The van der Waals surface area contributed by atoms with Crippen molar-refractivity contribution >= 4 is 11.6 Å². The van der Waals surface area contributed by atoms with Gasteiger partial charge in [0.2, 0.25) is 0 Å². The van der Waals surface area contributed by atoms with Crippen LogP contribution in [-0.4, -0.2) is 0 Å². The first-order valence-electron chi connectivity index (χ1n) is 6.27. The molecule has 0 amide bonds. The van der Waals surface area contributed by atoms with Crippen LogP contribution in [0.3, 0.4) is 0 Å². The van der Waals surface area contributed by atoms with Gasteiger partial charge in [0.1, 0.15) is 0 Å². The molecule has 0 fully saturated rings. The Bertz CT molecular complexity index is 529. The third kappa shape index (κ3) is 2.59. The van der Waals surface area contributed by atoms with Crippen molar-refractivity contribution < 1.29 is 0 Å². The largest absolute Gasteiger partial charge is 0.113 e. The van der Waals surface area contributed by atoms with E-state index in [0.717, 1.165) is 5.56 Å². The molecule has 0 saturated heterocycles. The normalized spacial score (nSPS) is 12.5. The minimum atomic E-state index is -0.0637. The zero-order chi connectivity index (χ0) is 13.3. The van der Waals surface area contributed by atoms with Crippen molar-refractivity contribution in [3.05, 3.63) is 69.8 Å². The Labute approximate surface area is 115 Å². The van der Waals surface area contributed by atoms with Gasteiger partial charge in [0, 0.05) is 0 Å². The monoisotopic (exact) mass is 258 g/mol. The molecule has 2 aromatic rings. The highest BCUT2D eigenvalue weighted by molar-refractivity contribution is 6.22. The Morgan fingerprint density at radius 3 is 1.78 bits per heavy atom. The molecule has 0 nitrogen and oxygen atoms in total. The second-order valence-corrected chi connectivity index (χ2v) is 5.52. The Hall–Kier alpha value is -1.27. The van der Waals surface area contributed by atoms with E-state index in [-0.39, 0.29) is 5.38 Å². The fourth-order valence-electron chi connectivity index (χ4n) is 2.49. The van der Waals surface area contributed by atoms with Crippen molar-refractivity contribution in [2.75, 3.05) is 0 Å². The lowest BCUT2D eigenvalue weighted by Gasteiger charge is -2.17. The van der Waals surface area contributed by atoms with Gasteiger partial charge in [-0.05, 0) is 49.9 Å². The standard InChI is InChI=1S/C17H19Cl/c1-11-5-7-15(8-6-11)17(18)16-13(3)9-12(2)10-14(16)4/h5-10,17H,1-4H3. The number of hydrogen-bond donors (Lipinski definition) is 0. The lowest BCUT2D eigenvalue weighted by Crippen LogP contribution is -2.00. The number of benzene rings is 2. The third-order valence-corrected chi connectivity index (χ3v) is 3.83. The molecule has 0 N–H and O–H groups in total. The number of hydrogen-bond acceptors (Lipinski definition) is 0. The van der Waals surface area contributed by atoms with Crippen LogP contribution in [0.5, 0.6) is 0 Å². The molecule has 0 saturated carbocycles. The SMILES string of the molecule is Cc1ccc(C(Cl)c2c(C)cc(C)cc2C)cc1. The zero-order valence-corrected chi connectivity index (χ0v) is 12.2. The summed E-state index contributed by atoms with van der Waals surface area (Å²) in [5.74, 6) is 0. The summed E-state index contributed by atoms with van der Waals surface area (Å²) in [6.45, 7) is 8.49. The second-order valence-electron chi connectivity index (χ2n) is 5.09. The van der Waals surface area contributed by atoms with Gasteiger partial charge in [-0.3, -0.25) is 0 Å². The summed E-state index contributed by atoms with van der Waals surface area (Å²) in [5.41, 5.74) is 7.51. The minimum Gasteiger partial charge on any atom is -0.113 e. The predicted molar refractivity (Wildman–Crippen MR) is 79.5 cm³/mol. The molecule has 1 unspecified atom stereocenters. The zero-order valence-electron chi connectivity index (χ0n) is 11.4. The summed E-state index contributed by atoms with van der Waals surface area (Å²) in [6, 6.07) is 12.9. The van der Waals surface area contributed by atoms with Gasteiger partial charge >= 0.3 is 0 Å². The molecule has 1 atom stereocenters. The molecule has 0 aliphatic heterocycles. The van der Waals surface area contributed by atoms with Gasteiger partial charge in [0.25, 0.3) is 0 Å². The van der Waals surface area contributed by atoms with Crippen LogP contribution in [0.2, 0.25) is 0 Å². The van der Waals surface area contributed by atoms with Gasteiger partial charge in [-0.1, -0.05) is 47.5 Å². The average Bonchev–Trinajstić information content (AvgIpc) is 2.28. The van der Waals surface area contributed by atoms with E-state index in [0.29, 0.717) is 0 Å². The Morgan fingerprint density at radius 1 is 0.778 bits per heavy atom. The molecule has 1 heteroatoms. The van der Waals surface area contributed by atoms with Crippen LogP contribution in [-0.2, 0) is 0 Å². The molecular formula is C17H19Cl. The van der Waals surface area contributed by atoms with E-state index in [2.05, 4.69) is 64.1 Å². The van der Waals surface area contributed by atoms with Crippen molar-refractivity contribution in [1.82, 2.24) is 0 Å². The van der Waals surface area contributed by atoms with Crippen LogP contribution in [0, 0.1) is 27.7 Å². The van der Waals surface area contributed by atoms with E-state index in [1.54, 1.807) is 0 Å². The number of halogens is 1. The van der Waals surface area contributed by atoms with Crippen LogP contribution >= 0.6 is 11.6 Å². The topological polar surface area (TPSA) is 0 Å². The second kappa shape index (κ2) is 5.16. The van der Waals surface area contributed by atoms with E-state index >= 15 is 0 Å². The van der Waals surface area contributed by atoms with Crippen molar-refractivity contribution in [2.45, 2.75) is 33.1 Å². The first-order valence-corrected chi connectivity index (χ1v) is 6.71. The molecule has 2 rings (SSSR count). The van der Waals surface area contributed by atoms with E-state index in [1.165, 1.54) is 27.8 Å². The molecule has 18 heavy (non-hydrogen) atoms. The molecule has 0 aliphatic rings. The van der Waals surface area contributed by atoms with E-state index in [4.69, 9.17) is 11.6 Å². The maximum absolute atomic E-state index is 6.65. The molecule has 2 aromatic carbocycles. The van der Waals surface area contributed by atoms with Crippen molar-refractivity contribution in [3.63, 3.8) is 0 Å². The molecule has 0 bridgehead atoms. The van der Waals surface area contributed by atoms with Crippen LogP contribution < -0.4 is 0 Å². The highest BCUT2D eigenvalue weighted by Gasteiger charge is 2.15. The Kier molecular flexibility index (Phi) is 3.77. The van der Waals surface area contributed by atoms with Crippen molar-refractivity contribution in [2.24, 2.45) is 0 Å². The summed E-state index contributed by atoms with van der Waals surface area (Å²) >= 11 is 6.65. The Balaban J connectivity index is 2.46. The van der Waals surface area contributed by atoms with E-state index in [9.17, 15) is 0 Å². The molecule has 0 spiro atoms. The maximum Gasteiger partial charge on any atom is 0.0840 e. The first-order chi connectivity index (χ1) is 8.49. The number of alkyl halides is 1. The first kappa shape index (κ1) is 13.2. The van der Waals surface area contributed by atoms with Gasteiger partial charge in [-0.25, -0.2) is 0 Å². The highest BCUT2D eigenvalue weighted by atomic mass is 35.5. The van der Waals surface area contributed by atoms with Crippen molar-refractivity contribution in [3.8, 4) is 0 Å². The average molecular weight is 259 g/mol. The maximum atomic E-state index is 6.65. The lowest BCUT2D eigenvalue weighted by atomic mass is 9.93. The molecule has 0 radical (unpaired) electrons. The van der Waals surface area contributed by atoms with Gasteiger partial charge in [-0.2, -0.15) is 0 Å². The molecule has 0 heterocycles. The highest BCUT2D eigenvalue weighted by Crippen LogP contribution is 2.33. The summed E-state index contributed by atoms with van der Waals surface area (Å²) in [5, 5.41) is -0.0637. The predicted octanol–water partition coefficient (Wildman–Crippen LogP) is 5.25. The third-order valence-electron chi connectivity index (χ3n) is 3.36. The number of aryl methyl sites for hydroxylation is 4. The van der Waals surface area contributed by atoms with Crippen LogP contribution in [0.1, 0.15) is 38.8 Å². The lowest BCUT2D eigenvalue weighted by molar-refractivity contribution is 1.07. The fourth-order valence-corrected chi connectivity index (χ4v) is 2.98. The molecule has 94 valence electrons. The van der Waals surface area contributed by atoms with E-state index in [1.807, 2.05) is 0 Å². The molecule has 0 aromatic heterocycles. The van der Waals surface area contributed by atoms with Crippen LogP contribution in [0.4, 0.5) is 0 Å². The minimum absolute atomic E-state index is 0.0637. The quantitative estimate of drug-likeness (QED) is 0.646. The van der Waals surface area contributed by atoms with Gasteiger partial charge < -0.3 is 0 Å². The van der Waals surface area contributed by atoms with Crippen molar-refractivity contribution in [1.29, 1.82) is 0 Å². The Morgan fingerprint density at radius 2 is 1.28 bits per heavy atom. The summed E-state index contributed by atoms with van der Waals surface area (Å²) < 4.78 is 0. The number of rotatable bonds is 2. The molecular weight excluding hydrogens is 240 g/mol. The van der Waals surface area contributed by atoms with Gasteiger partial charge in [-0.15, -0.1) is 11.6 Å². The van der Waals surface area contributed by atoms with Crippen LogP contribution in [0.15, 0.2) is 36.4 Å². The smallest absolute Gasteiger partial charge is 0.0840 e. The summed E-state index contributed by atoms with van der Waals surface area (Å²) in [6.07, 6.45) is 0. The van der Waals surface area contributed by atoms with Gasteiger partial charge in [0.15, 0.2) is 0 Å². The van der Waals surface area contributed by atoms with Crippen LogP contribution in [0.25, 0.3) is 0 Å². The van der Waals surface area contributed by atoms with E-state index < -0.39 is 0 Å². The summed E-state index contributed by atoms with van der Waals surface area (Å²) in [7, 11) is 0. The van der Waals surface area contributed by atoms with Gasteiger partial charge in [0.05, 0.1) is 5.38 Å². The summed E-state index contributed by atoms with van der Waals surface area (Å²) in [4.78, 5) is 0. The molecule has 0 aliphatic carbocycles.